The second kappa shape index (κ2) is 6.06. The first-order chi connectivity index (χ1) is 9.69. The van der Waals surface area contributed by atoms with Gasteiger partial charge in [-0.1, -0.05) is 48.5 Å². The Balaban J connectivity index is 2.51. The van der Waals surface area contributed by atoms with Gasteiger partial charge in [-0.25, -0.2) is 0 Å². The number of carbonyl (C=O) groups is 1. The maximum atomic E-state index is 11.7. The largest absolute Gasteiger partial charge is 0.507 e. The van der Waals surface area contributed by atoms with Gasteiger partial charge in [0.25, 0.3) is 5.91 Å². The third kappa shape index (κ3) is 2.57. The predicted octanol–water partition coefficient (Wildman–Crippen LogP) is 3.07. The minimum absolute atomic E-state index is 0.000558. The molecule has 0 spiro atoms. The van der Waals surface area contributed by atoms with E-state index in [1.165, 1.54) is 7.05 Å². The average molecular weight is 267 g/mol. The van der Waals surface area contributed by atoms with Crippen LogP contribution >= 0.6 is 0 Å². The molecule has 102 valence electrons. The molecule has 0 saturated carbocycles. The second-order valence-electron chi connectivity index (χ2n) is 4.45. The van der Waals surface area contributed by atoms with Crippen molar-refractivity contribution in [3.8, 4) is 5.75 Å². The number of amides is 1. The van der Waals surface area contributed by atoms with Crippen molar-refractivity contribution in [1.29, 1.82) is 0 Å². The van der Waals surface area contributed by atoms with Gasteiger partial charge in [-0.15, -0.1) is 6.58 Å². The molecule has 0 radical (unpaired) electrons. The molecule has 2 aromatic carbocycles. The molecule has 0 bridgehead atoms. The van der Waals surface area contributed by atoms with Gasteiger partial charge in [0.05, 0.1) is 5.56 Å². The van der Waals surface area contributed by atoms with Crippen molar-refractivity contribution < 1.29 is 9.90 Å². The number of phenolic OH excluding ortho intramolecular Hbond substituents is 1. The molecule has 1 amide bonds. The molecule has 0 aliphatic heterocycles. The Morgan fingerprint density at radius 3 is 2.50 bits per heavy atom. The number of carbonyl (C=O) groups excluding carboxylic acids is 1. The van der Waals surface area contributed by atoms with E-state index in [0.29, 0.717) is 5.56 Å². The van der Waals surface area contributed by atoms with Crippen LogP contribution in [0.25, 0.3) is 0 Å². The van der Waals surface area contributed by atoms with Crippen molar-refractivity contribution in [2.75, 3.05) is 7.05 Å². The molecule has 2 rings (SSSR count). The highest BCUT2D eigenvalue weighted by molar-refractivity contribution is 5.97. The van der Waals surface area contributed by atoms with Crippen molar-refractivity contribution in [3.05, 3.63) is 77.9 Å². The predicted molar refractivity (Wildman–Crippen MR) is 80.0 cm³/mol. The van der Waals surface area contributed by atoms with Crippen LogP contribution in [-0.4, -0.2) is 18.1 Å². The zero-order chi connectivity index (χ0) is 14.5. The van der Waals surface area contributed by atoms with E-state index in [2.05, 4.69) is 11.9 Å². The zero-order valence-corrected chi connectivity index (χ0v) is 11.3. The van der Waals surface area contributed by atoms with Crippen LogP contribution in [0.4, 0.5) is 0 Å². The molecule has 0 heterocycles. The van der Waals surface area contributed by atoms with Crippen LogP contribution in [0.3, 0.4) is 0 Å². The highest BCUT2D eigenvalue weighted by atomic mass is 16.3. The van der Waals surface area contributed by atoms with E-state index in [4.69, 9.17) is 0 Å². The van der Waals surface area contributed by atoms with Crippen molar-refractivity contribution in [2.45, 2.75) is 5.92 Å². The molecule has 0 aliphatic carbocycles. The number of aromatic hydroxyl groups is 1. The molecule has 0 fully saturated rings. The molecule has 3 heteroatoms. The van der Waals surface area contributed by atoms with Gasteiger partial charge in [0, 0.05) is 18.5 Å². The maximum Gasteiger partial charge on any atom is 0.254 e. The molecule has 0 aromatic heterocycles. The Bertz CT molecular complexity index is 620. The Morgan fingerprint density at radius 2 is 1.90 bits per heavy atom. The lowest BCUT2D eigenvalue weighted by atomic mass is 9.89. The summed E-state index contributed by atoms with van der Waals surface area (Å²) in [5.41, 5.74) is 1.96. The molecule has 0 saturated heterocycles. The van der Waals surface area contributed by atoms with E-state index in [1.54, 1.807) is 24.3 Å². The van der Waals surface area contributed by atoms with Crippen molar-refractivity contribution in [1.82, 2.24) is 5.32 Å². The quantitative estimate of drug-likeness (QED) is 0.836. The van der Waals surface area contributed by atoms with Crippen LogP contribution in [0.5, 0.6) is 5.75 Å². The number of rotatable bonds is 4. The molecule has 2 N–H and O–H groups in total. The van der Waals surface area contributed by atoms with E-state index in [0.717, 1.165) is 5.56 Å². The lowest BCUT2D eigenvalue weighted by molar-refractivity contribution is 0.0960. The van der Waals surface area contributed by atoms with Crippen LogP contribution in [0.1, 0.15) is 27.4 Å². The lowest BCUT2D eigenvalue weighted by Gasteiger charge is -2.16. The van der Waals surface area contributed by atoms with Crippen LogP contribution in [0.15, 0.2) is 61.2 Å². The molecule has 20 heavy (non-hydrogen) atoms. The highest BCUT2D eigenvalue weighted by Gasteiger charge is 2.19. The van der Waals surface area contributed by atoms with Gasteiger partial charge in [0.1, 0.15) is 5.75 Å². The van der Waals surface area contributed by atoms with E-state index >= 15 is 0 Å². The van der Waals surface area contributed by atoms with Crippen molar-refractivity contribution in [3.63, 3.8) is 0 Å². The Morgan fingerprint density at radius 1 is 1.20 bits per heavy atom. The Labute approximate surface area is 118 Å². The lowest BCUT2D eigenvalue weighted by Crippen LogP contribution is -2.18. The van der Waals surface area contributed by atoms with E-state index in [1.807, 2.05) is 30.3 Å². The number of phenols is 1. The van der Waals surface area contributed by atoms with Gasteiger partial charge in [-0.3, -0.25) is 4.79 Å². The van der Waals surface area contributed by atoms with Crippen molar-refractivity contribution >= 4 is 5.91 Å². The average Bonchev–Trinajstić information content (AvgIpc) is 2.50. The van der Waals surface area contributed by atoms with Gasteiger partial charge in [-0.05, 0) is 11.6 Å². The topological polar surface area (TPSA) is 49.3 Å². The number of para-hydroxylation sites is 1. The third-order valence-corrected chi connectivity index (χ3v) is 3.27. The molecule has 0 aliphatic rings. The molecule has 2 aromatic rings. The number of allylic oxidation sites excluding steroid dienone is 1. The minimum Gasteiger partial charge on any atom is -0.507 e. The van der Waals surface area contributed by atoms with Crippen LogP contribution in [-0.2, 0) is 0 Å². The second-order valence-corrected chi connectivity index (χ2v) is 4.45. The number of benzene rings is 2. The molecule has 1 unspecified atom stereocenters. The fourth-order valence-corrected chi connectivity index (χ4v) is 2.23. The maximum absolute atomic E-state index is 11.7. The molecule has 1 atom stereocenters. The first-order valence-electron chi connectivity index (χ1n) is 6.40. The zero-order valence-electron chi connectivity index (χ0n) is 11.3. The Hall–Kier alpha value is -2.55. The summed E-state index contributed by atoms with van der Waals surface area (Å²) < 4.78 is 0. The third-order valence-electron chi connectivity index (χ3n) is 3.27. The van der Waals surface area contributed by atoms with Crippen LogP contribution in [0.2, 0.25) is 0 Å². The SMILES string of the molecule is C=CC(c1ccccc1)c1cccc(C(=O)NC)c1O. The Kier molecular flexibility index (Phi) is 4.20. The summed E-state index contributed by atoms with van der Waals surface area (Å²) >= 11 is 0. The minimum atomic E-state index is -0.305. The summed E-state index contributed by atoms with van der Waals surface area (Å²) in [6.45, 7) is 3.84. The molecular weight excluding hydrogens is 250 g/mol. The fraction of sp³-hybridized carbons (Fsp3) is 0.118. The number of nitrogens with one attached hydrogen (secondary N) is 1. The monoisotopic (exact) mass is 267 g/mol. The summed E-state index contributed by atoms with van der Waals surface area (Å²) in [5.74, 6) is -0.457. The summed E-state index contributed by atoms with van der Waals surface area (Å²) in [5, 5.41) is 12.9. The first kappa shape index (κ1) is 13.9. The van der Waals surface area contributed by atoms with E-state index in [9.17, 15) is 9.90 Å². The normalized spacial score (nSPS) is 11.7. The number of hydrogen-bond donors (Lipinski definition) is 2. The summed E-state index contributed by atoms with van der Waals surface area (Å²) in [6.07, 6.45) is 1.76. The van der Waals surface area contributed by atoms with Gasteiger partial charge in [0.15, 0.2) is 0 Å². The fourth-order valence-electron chi connectivity index (χ4n) is 2.23. The van der Waals surface area contributed by atoms with Gasteiger partial charge in [-0.2, -0.15) is 0 Å². The smallest absolute Gasteiger partial charge is 0.254 e. The highest BCUT2D eigenvalue weighted by Crippen LogP contribution is 2.34. The molecular formula is C17H17NO2. The van der Waals surface area contributed by atoms with E-state index in [-0.39, 0.29) is 23.1 Å². The summed E-state index contributed by atoms with van der Waals surface area (Å²) in [4.78, 5) is 11.7. The molecule has 3 nitrogen and oxygen atoms in total. The summed E-state index contributed by atoms with van der Waals surface area (Å²) in [6, 6.07) is 14.9. The summed E-state index contributed by atoms with van der Waals surface area (Å²) in [7, 11) is 1.54. The first-order valence-corrected chi connectivity index (χ1v) is 6.40. The van der Waals surface area contributed by atoms with E-state index < -0.39 is 0 Å². The van der Waals surface area contributed by atoms with Crippen LogP contribution < -0.4 is 5.32 Å². The van der Waals surface area contributed by atoms with Crippen molar-refractivity contribution in [2.24, 2.45) is 0 Å². The number of hydrogen-bond acceptors (Lipinski definition) is 2. The van der Waals surface area contributed by atoms with Gasteiger partial charge >= 0.3 is 0 Å². The van der Waals surface area contributed by atoms with Gasteiger partial charge < -0.3 is 10.4 Å². The standard InChI is InChI=1S/C17H17NO2/c1-3-13(12-8-5-4-6-9-12)14-10-7-11-15(16(14)19)17(20)18-2/h3-11,13,19H,1H2,2H3,(H,18,20). The van der Waals surface area contributed by atoms with Gasteiger partial charge in [0.2, 0.25) is 0 Å². The van der Waals surface area contributed by atoms with Crippen LogP contribution in [0, 0.1) is 0 Å².